The van der Waals surface area contributed by atoms with Crippen molar-refractivity contribution in [3.8, 4) is 0 Å². The van der Waals surface area contributed by atoms with E-state index in [1.54, 1.807) is 23.4 Å². The molecule has 4 rings (SSSR count). The first-order chi connectivity index (χ1) is 14.7. The summed E-state index contributed by atoms with van der Waals surface area (Å²) in [6, 6.07) is 10.3. The van der Waals surface area contributed by atoms with Crippen LogP contribution in [0.25, 0.3) is 0 Å². The van der Waals surface area contributed by atoms with Crippen molar-refractivity contribution in [3.05, 3.63) is 46.4 Å². The summed E-state index contributed by atoms with van der Waals surface area (Å²) in [6.07, 6.45) is 0.809. The van der Waals surface area contributed by atoms with Crippen LogP contribution >= 0.6 is 23.5 Å². The predicted octanol–water partition coefficient (Wildman–Crippen LogP) is 1.98. The summed E-state index contributed by atoms with van der Waals surface area (Å²) < 4.78 is 6.82. The number of hydrogen-bond acceptors (Lipinski definition) is 7. The highest BCUT2D eigenvalue weighted by Gasteiger charge is 2.24. The van der Waals surface area contributed by atoms with Crippen molar-refractivity contribution in [2.75, 3.05) is 56.3 Å². The molecule has 0 atom stereocenters. The number of nitrogens with zero attached hydrogens (tertiary/aromatic N) is 4. The second kappa shape index (κ2) is 9.89. The third kappa shape index (κ3) is 4.68. The second-order valence-corrected chi connectivity index (χ2v) is 9.26. The van der Waals surface area contributed by atoms with Crippen molar-refractivity contribution < 1.29 is 9.53 Å². The lowest BCUT2D eigenvalue weighted by molar-refractivity contribution is -0.128. The van der Waals surface area contributed by atoms with Crippen molar-refractivity contribution in [2.24, 2.45) is 0 Å². The molecule has 160 valence electrons. The molecule has 30 heavy (non-hydrogen) atoms. The number of para-hydroxylation sites is 1. The Balaban J connectivity index is 1.38. The van der Waals surface area contributed by atoms with Gasteiger partial charge in [0.25, 0.3) is 5.56 Å². The zero-order chi connectivity index (χ0) is 20.9. The van der Waals surface area contributed by atoms with Gasteiger partial charge in [0.2, 0.25) is 5.91 Å². The maximum atomic E-state index is 12.8. The van der Waals surface area contributed by atoms with Gasteiger partial charge in [-0.1, -0.05) is 30.0 Å². The van der Waals surface area contributed by atoms with Gasteiger partial charge in [-0.2, -0.15) is 0 Å². The van der Waals surface area contributed by atoms with Gasteiger partial charge in [0.05, 0.1) is 29.5 Å². The highest BCUT2D eigenvalue weighted by molar-refractivity contribution is 8.00. The van der Waals surface area contributed by atoms with Gasteiger partial charge < -0.3 is 14.5 Å². The smallest absolute Gasteiger partial charge is 0.268 e. The van der Waals surface area contributed by atoms with Gasteiger partial charge >= 0.3 is 0 Å². The van der Waals surface area contributed by atoms with Crippen molar-refractivity contribution in [1.82, 2.24) is 14.5 Å². The zero-order valence-corrected chi connectivity index (χ0v) is 18.7. The van der Waals surface area contributed by atoms with Gasteiger partial charge in [-0.15, -0.1) is 11.8 Å². The third-order valence-electron chi connectivity index (χ3n) is 5.35. The summed E-state index contributed by atoms with van der Waals surface area (Å²) in [5.74, 6) is 1.27. The Morgan fingerprint density at radius 2 is 1.97 bits per heavy atom. The molecule has 1 amide bonds. The number of anilines is 1. The zero-order valence-electron chi connectivity index (χ0n) is 17.1. The molecule has 0 N–H and O–H groups in total. The van der Waals surface area contributed by atoms with Gasteiger partial charge in [-0.3, -0.25) is 14.2 Å². The fourth-order valence-corrected chi connectivity index (χ4v) is 5.67. The minimum Gasteiger partial charge on any atom is -0.383 e. The second-order valence-electron chi connectivity index (χ2n) is 7.21. The number of ether oxygens (including phenoxy) is 1. The molecule has 1 aromatic heterocycles. The number of thioether (sulfide) groups is 2. The Hall–Kier alpha value is -1.97. The van der Waals surface area contributed by atoms with E-state index in [2.05, 4.69) is 17.0 Å². The molecule has 9 heteroatoms. The monoisotopic (exact) mass is 446 g/mol. The number of carbonyl (C=O) groups is 1. The van der Waals surface area contributed by atoms with E-state index in [4.69, 9.17) is 9.72 Å². The van der Waals surface area contributed by atoms with E-state index in [1.807, 2.05) is 23.1 Å². The van der Waals surface area contributed by atoms with Crippen LogP contribution in [-0.2, 0) is 22.5 Å². The van der Waals surface area contributed by atoms with E-state index < -0.39 is 0 Å². The first kappa shape index (κ1) is 21.3. The number of hydrogen-bond donors (Lipinski definition) is 0. The van der Waals surface area contributed by atoms with E-state index in [1.165, 1.54) is 17.4 Å². The van der Waals surface area contributed by atoms with Crippen molar-refractivity contribution in [1.29, 1.82) is 0 Å². The molecule has 0 unspecified atom stereocenters. The average molecular weight is 447 g/mol. The largest absolute Gasteiger partial charge is 0.383 e. The van der Waals surface area contributed by atoms with E-state index in [0.717, 1.165) is 35.9 Å². The molecular weight excluding hydrogens is 420 g/mol. The molecule has 1 aromatic carbocycles. The molecule has 0 aliphatic carbocycles. The highest BCUT2D eigenvalue weighted by Crippen LogP contribution is 2.28. The maximum Gasteiger partial charge on any atom is 0.268 e. The molecule has 0 bridgehead atoms. The third-order valence-corrected chi connectivity index (χ3v) is 7.41. The summed E-state index contributed by atoms with van der Waals surface area (Å²) in [4.78, 5) is 35.3. The standard InChI is InChI=1S/C21H26N4O3S2/c1-28-13-12-25-20(27)19-17(7-14-29-19)22-21(25)30-15-18(26)24-10-8-23(9-11-24)16-5-3-2-4-6-16/h2-6H,7-15H2,1H3. The molecular formula is C21H26N4O3S2. The van der Waals surface area contributed by atoms with E-state index in [9.17, 15) is 9.59 Å². The average Bonchev–Trinajstić information content (AvgIpc) is 3.27. The number of amides is 1. The van der Waals surface area contributed by atoms with Crippen LogP contribution in [0.5, 0.6) is 0 Å². The number of carbonyl (C=O) groups excluding carboxylic acids is 1. The van der Waals surface area contributed by atoms with Gasteiger partial charge in [0, 0.05) is 51.1 Å². The molecule has 0 radical (unpaired) electrons. The van der Waals surface area contributed by atoms with E-state index in [-0.39, 0.29) is 17.2 Å². The van der Waals surface area contributed by atoms with Crippen LogP contribution in [-0.4, -0.2) is 71.8 Å². The molecule has 2 aliphatic heterocycles. The molecule has 1 fully saturated rings. The van der Waals surface area contributed by atoms with Crippen LogP contribution in [0.3, 0.4) is 0 Å². The van der Waals surface area contributed by atoms with Crippen LogP contribution in [0.1, 0.15) is 5.69 Å². The fraction of sp³-hybridized carbons (Fsp3) is 0.476. The Kier molecular flexibility index (Phi) is 7.01. The summed E-state index contributed by atoms with van der Waals surface area (Å²) in [5, 5.41) is 0.620. The Bertz CT molecular complexity index is 943. The summed E-state index contributed by atoms with van der Waals surface area (Å²) in [5.41, 5.74) is 2.05. The number of rotatable bonds is 7. The van der Waals surface area contributed by atoms with Crippen LogP contribution in [0.15, 0.2) is 45.2 Å². The minimum absolute atomic E-state index is 0.00836. The predicted molar refractivity (Wildman–Crippen MR) is 121 cm³/mol. The number of aryl methyl sites for hydroxylation is 1. The molecule has 7 nitrogen and oxygen atoms in total. The first-order valence-corrected chi connectivity index (χ1v) is 12.1. The lowest BCUT2D eigenvalue weighted by atomic mass is 10.2. The molecule has 2 aliphatic rings. The number of methoxy groups -OCH3 is 1. The van der Waals surface area contributed by atoms with E-state index in [0.29, 0.717) is 31.4 Å². The quantitative estimate of drug-likeness (QED) is 0.476. The number of benzene rings is 1. The topological polar surface area (TPSA) is 67.7 Å². The molecule has 0 spiro atoms. The first-order valence-electron chi connectivity index (χ1n) is 10.1. The lowest BCUT2D eigenvalue weighted by Gasteiger charge is -2.36. The van der Waals surface area contributed by atoms with Crippen LogP contribution in [0.4, 0.5) is 5.69 Å². The van der Waals surface area contributed by atoms with Gasteiger partial charge in [0.1, 0.15) is 0 Å². The number of piperazine rings is 1. The maximum absolute atomic E-state index is 12.8. The highest BCUT2D eigenvalue weighted by atomic mass is 32.2. The Labute approximate surface area is 184 Å². The summed E-state index contributed by atoms with van der Waals surface area (Å²) in [7, 11) is 1.62. The van der Waals surface area contributed by atoms with Crippen LogP contribution in [0, 0.1) is 0 Å². The van der Waals surface area contributed by atoms with Gasteiger partial charge in [0.15, 0.2) is 5.16 Å². The van der Waals surface area contributed by atoms with Crippen LogP contribution < -0.4 is 10.5 Å². The Morgan fingerprint density at radius 1 is 1.20 bits per heavy atom. The number of fused-ring (bicyclic) bond motifs is 1. The SMILES string of the molecule is COCCn1c(SCC(=O)N2CCN(c3ccccc3)CC2)nc2c(c1=O)SCC2. The molecule has 0 saturated carbocycles. The summed E-state index contributed by atoms with van der Waals surface area (Å²) in [6.45, 7) is 3.95. The molecule has 1 saturated heterocycles. The molecule has 3 heterocycles. The summed E-state index contributed by atoms with van der Waals surface area (Å²) >= 11 is 2.93. The van der Waals surface area contributed by atoms with Crippen molar-refractivity contribution in [3.63, 3.8) is 0 Å². The van der Waals surface area contributed by atoms with Gasteiger partial charge in [-0.25, -0.2) is 4.98 Å². The lowest BCUT2D eigenvalue weighted by Crippen LogP contribution is -2.49. The molecule has 2 aromatic rings. The normalized spacial score (nSPS) is 16.0. The van der Waals surface area contributed by atoms with Crippen LogP contribution in [0.2, 0.25) is 0 Å². The van der Waals surface area contributed by atoms with Crippen molar-refractivity contribution in [2.45, 2.75) is 23.0 Å². The van der Waals surface area contributed by atoms with E-state index >= 15 is 0 Å². The van der Waals surface area contributed by atoms with Crippen molar-refractivity contribution >= 4 is 35.1 Å². The van der Waals surface area contributed by atoms with Gasteiger partial charge in [-0.05, 0) is 12.1 Å². The number of aromatic nitrogens is 2. The fourth-order valence-electron chi connectivity index (χ4n) is 3.68. The minimum atomic E-state index is -0.00836. The Morgan fingerprint density at radius 3 is 2.70 bits per heavy atom.